The average Bonchev–Trinajstić information content (AvgIpc) is 2.99. The zero-order valence-corrected chi connectivity index (χ0v) is 10.2. The number of halogens is 1. The Bertz CT molecular complexity index is 418. The van der Waals surface area contributed by atoms with Crippen LogP contribution >= 0.6 is 0 Å². The van der Waals surface area contributed by atoms with Gasteiger partial charge in [0, 0.05) is 12.0 Å². The van der Waals surface area contributed by atoms with Crippen molar-refractivity contribution in [1.82, 2.24) is 5.32 Å². The SMILES string of the molecule is C[C@H](Cc1ccccc1F)NC(=O)[C@H]1C[C@@H]1C. The number of nitrogens with one attached hydrogen (secondary N) is 1. The Morgan fingerprint density at radius 3 is 2.76 bits per heavy atom. The highest BCUT2D eigenvalue weighted by atomic mass is 19.1. The standard InChI is InChI=1S/C14H18FNO/c1-9-7-12(9)14(17)16-10(2)8-11-5-3-4-6-13(11)15/h3-6,9-10,12H,7-8H2,1-2H3,(H,16,17)/t9-,10+,12-/m0/s1. The van der Waals surface area contributed by atoms with E-state index in [0.717, 1.165) is 6.42 Å². The molecular weight excluding hydrogens is 217 g/mol. The number of carbonyl (C=O) groups is 1. The van der Waals surface area contributed by atoms with Gasteiger partial charge in [0.2, 0.25) is 5.91 Å². The van der Waals surface area contributed by atoms with E-state index >= 15 is 0 Å². The molecule has 2 nitrogen and oxygen atoms in total. The lowest BCUT2D eigenvalue weighted by atomic mass is 10.1. The zero-order valence-electron chi connectivity index (χ0n) is 10.2. The zero-order chi connectivity index (χ0) is 12.4. The van der Waals surface area contributed by atoms with Crippen LogP contribution in [0.4, 0.5) is 4.39 Å². The Labute approximate surface area is 101 Å². The molecule has 1 saturated carbocycles. The Kier molecular flexibility index (Phi) is 3.46. The Morgan fingerprint density at radius 1 is 1.53 bits per heavy atom. The van der Waals surface area contributed by atoms with Crippen LogP contribution in [-0.2, 0) is 11.2 Å². The molecule has 1 aliphatic rings. The summed E-state index contributed by atoms with van der Waals surface area (Å²) in [4.78, 5) is 11.7. The molecule has 1 fully saturated rings. The molecule has 1 aliphatic carbocycles. The normalized spacial score (nSPS) is 24.2. The molecule has 0 aliphatic heterocycles. The van der Waals surface area contributed by atoms with Gasteiger partial charge in [0.25, 0.3) is 0 Å². The first-order chi connectivity index (χ1) is 8.08. The van der Waals surface area contributed by atoms with Gasteiger partial charge in [0.05, 0.1) is 0 Å². The van der Waals surface area contributed by atoms with Crippen molar-refractivity contribution in [3.05, 3.63) is 35.6 Å². The van der Waals surface area contributed by atoms with Crippen LogP contribution in [0.15, 0.2) is 24.3 Å². The molecule has 0 spiro atoms. The first kappa shape index (κ1) is 12.1. The van der Waals surface area contributed by atoms with Crippen molar-refractivity contribution in [2.24, 2.45) is 11.8 Å². The van der Waals surface area contributed by atoms with E-state index in [1.165, 1.54) is 6.07 Å². The summed E-state index contributed by atoms with van der Waals surface area (Å²) in [5.74, 6) is 0.600. The minimum absolute atomic E-state index is 0.0211. The van der Waals surface area contributed by atoms with Crippen molar-refractivity contribution in [2.45, 2.75) is 32.7 Å². The molecule has 92 valence electrons. The van der Waals surface area contributed by atoms with Gasteiger partial charge in [-0.15, -0.1) is 0 Å². The van der Waals surface area contributed by atoms with Crippen LogP contribution in [-0.4, -0.2) is 11.9 Å². The fraction of sp³-hybridized carbons (Fsp3) is 0.500. The van der Waals surface area contributed by atoms with Gasteiger partial charge in [-0.25, -0.2) is 4.39 Å². The van der Waals surface area contributed by atoms with Crippen LogP contribution < -0.4 is 5.32 Å². The van der Waals surface area contributed by atoms with E-state index in [4.69, 9.17) is 0 Å². The maximum absolute atomic E-state index is 13.4. The lowest BCUT2D eigenvalue weighted by Gasteiger charge is -2.14. The topological polar surface area (TPSA) is 29.1 Å². The summed E-state index contributed by atoms with van der Waals surface area (Å²) in [6.45, 7) is 3.99. The summed E-state index contributed by atoms with van der Waals surface area (Å²) < 4.78 is 13.4. The molecule has 0 unspecified atom stereocenters. The third-order valence-corrected chi connectivity index (χ3v) is 3.32. The van der Waals surface area contributed by atoms with Crippen LogP contribution in [0.3, 0.4) is 0 Å². The van der Waals surface area contributed by atoms with Crippen LogP contribution in [0.2, 0.25) is 0 Å². The van der Waals surface area contributed by atoms with E-state index in [9.17, 15) is 9.18 Å². The molecule has 1 aromatic carbocycles. The Hall–Kier alpha value is -1.38. The van der Waals surface area contributed by atoms with Gasteiger partial charge >= 0.3 is 0 Å². The molecule has 3 heteroatoms. The van der Waals surface area contributed by atoms with Crippen molar-refractivity contribution in [3.63, 3.8) is 0 Å². The van der Waals surface area contributed by atoms with E-state index in [-0.39, 0.29) is 23.7 Å². The first-order valence-electron chi connectivity index (χ1n) is 6.11. The van der Waals surface area contributed by atoms with Crippen molar-refractivity contribution < 1.29 is 9.18 Å². The summed E-state index contributed by atoms with van der Waals surface area (Å²) in [5, 5.41) is 2.94. The van der Waals surface area contributed by atoms with Gasteiger partial charge in [0.15, 0.2) is 0 Å². The number of hydrogen-bond acceptors (Lipinski definition) is 1. The lowest BCUT2D eigenvalue weighted by molar-refractivity contribution is -0.123. The first-order valence-corrected chi connectivity index (χ1v) is 6.11. The number of carbonyl (C=O) groups excluding carboxylic acids is 1. The molecule has 0 saturated heterocycles. The molecule has 0 bridgehead atoms. The molecule has 0 radical (unpaired) electrons. The molecule has 3 atom stereocenters. The van der Waals surface area contributed by atoms with Gasteiger partial charge in [-0.3, -0.25) is 4.79 Å². The number of rotatable bonds is 4. The van der Waals surface area contributed by atoms with Crippen molar-refractivity contribution in [2.75, 3.05) is 0 Å². The number of hydrogen-bond donors (Lipinski definition) is 1. The molecule has 0 heterocycles. The van der Waals surface area contributed by atoms with Crippen molar-refractivity contribution >= 4 is 5.91 Å². The largest absolute Gasteiger partial charge is 0.353 e. The van der Waals surface area contributed by atoms with Crippen LogP contribution in [0, 0.1) is 17.7 Å². The third-order valence-electron chi connectivity index (χ3n) is 3.32. The van der Waals surface area contributed by atoms with E-state index in [0.29, 0.717) is 17.9 Å². The lowest BCUT2D eigenvalue weighted by Crippen LogP contribution is -2.35. The van der Waals surface area contributed by atoms with Gasteiger partial charge in [0.1, 0.15) is 5.82 Å². The average molecular weight is 235 g/mol. The molecule has 0 aromatic heterocycles. The number of benzene rings is 1. The van der Waals surface area contributed by atoms with Crippen LogP contribution in [0.5, 0.6) is 0 Å². The summed E-state index contributed by atoms with van der Waals surface area (Å²) in [6.07, 6.45) is 1.53. The van der Waals surface area contributed by atoms with Gasteiger partial charge in [-0.2, -0.15) is 0 Å². The number of amides is 1. The summed E-state index contributed by atoms with van der Waals surface area (Å²) in [6, 6.07) is 6.68. The molecule has 17 heavy (non-hydrogen) atoms. The second-order valence-corrected chi connectivity index (χ2v) is 5.02. The van der Waals surface area contributed by atoms with E-state index < -0.39 is 0 Å². The Morgan fingerprint density at radius 2 is 2.18 bits per heavy atom. The van der Waals surface area contributed by atoms with Gasteiger partial charge in [-0.05, 0) is 37.3 Å². The summed E-state index contributed by atoms with van der Waals surface area (Å²) in [7, 11) is 0. The van der Waals surface area contributed by atoms with Crippen LogP contribution in [0.1, 0.15) is 25.8 Å². The van der Waals surface area contributed by atoms with Crippen molar-refractivity contribution in [3.8, 4) is 0 Å². The second-order valence-electron chi connectivity index (χ2n) is 5.02. The van der Waals surface area contributed by atoms with Crippen LogP contribution in [0.25, 0.3) is 0 Å². The maximum Gasteiger partial charge on any atom is 0.223 e. The smallest absolute Gasteiger partial charge is 0.223 e. The van der Waals surface area contributed by atoms with Crippen molar-refractivity contribution in [1.29, 1.82) is 0 Å². The van der Waals surface area contributed by atoms with E-state index in [1.807, 2.05) is 13.0 Å². The monoisotopic (exact) mass is 235 g/mol. The molecule has 1 N–H and O–H groups in total. The molecular formula is C14H18FNO. The summed E-state index contributed by atoms with van der Waals surface area (Å²) in [5.41, 5.74) is 0.657. The van der Waals surface area contributed by atoms with E-state index in [2.05, 4.69) is 12.2 Å². The third kappa shape index (κ3) is 3.05. The maximum atomic E-state index is 13.4. The minimum atomic E-state index is -0.201. The fourth-order valence-corrected chi connectivity index (χ4v) is 2.08. The quantitative estimate of drug-likeness (QED) is 0.853. The Balaban J connectivity index is 1.87. The molecule has 1 aromatic rings. The molecule has 2 rings (SSSR count). The van der Waals surface area contributed by atoms with E-state index in [1.54, 1.807) is 12.1 Å². The van der Waals surface area contributed by atoms with Gasteiger partial charge in [-0.1, -0.05) is 25.1 Å². The minimum Gasteiger partial charge on any atom is -0.353 e. The highest BCUT2D eigenvalue weighted by molar-refractivity contribution is 5.81. The fourth-order valence-electron chi connectivity index (χ4n) is 2.08. The highest BCUT2D eigenvalue weighted by Gasteiger charge is 2.39. The second kappa shape index (κ2) is 4.86. The predicted octanol–water partition coefficient (Wildman–Crippen LogP) is 2.53. The van der Waals surface area contributed by atoms with Gasteiger partial charge < -0.3 is 5.32 Å². The highest BCUT2D eigenvalue weighted by Crippen LogP contribution is 2.37. The molecule has 1 amide bonds. The predicted molar refractivity (Wildman–Crippen MR) is 65.0 cm³/mol. The summed E-state index contributed by atoms with van der Waals surface area (Å²) >= 11 is 0.